The highest BCUT2D eigenvalue weighted by Gasteiger charge is 2.25. The summed E-state index contributed by atoms with van der Waals surface area (Å²) in [6, 6.07) is 12.1. The first-order valence-electron chi connectivity index (χ1n) is 9.25. The van der Waals surface area contributed by atoms with Crippen molar-refractivity contribution in [2.24, 2.45) is 5.73 Å². The molecule has 2 heterocycles. The van der Waals surface area contributed by atoms with Gasteiger partial charge in [0.1, 0.15) is 18.2 Å². The van der Waals surface area contributed by atoms with Crippen molar-refractivity contribution in [1.29, 1.82) is 0 Å². The Bertz CT molecular complexity index is 962. The van der Waals surface area contributed by atoms with Crippen LogP contribution in [0, 0.1) is 0 Å². The monoisotopic (exact) mass is 380 g/mol. The number of hydrogen-bond donors (Lipinski definition) is 1. The Balaban J connectivity index is 1.66. The first-order chi connectivity index (χ1) is 13.7. The summed E-state index contributed by atoms with van der Waals surface area (Å²) in [4.78, 5) is 11.2. The Hall–Kier alpha value is -2.90. The third-order valence-electron chi connectivity index (χ3n) is 5.07. The molecule has 0 spiro atoms. The van der Waals surface area contributed by atoms with Crippen molar-refractivity contribution < 1.29 is 14.2 Å². The zero-order valence-electron chi connectivity index (χ0n) is 16.1. The Kier molecular flexibility index (Phi) is 5.27. The van der Waals surface area contributed by atoms with Crippen LogP contribution in [-0.4, -0.2) is 43.9 Å². The molecule has 1 atom stereocenters. The van der Waals surface area contributed by atoms with Gasteiger partial charge in [0, 0.05) is 31.1 Å². The molecule has 1 aliphatic heterocycles. The van der Waals surface area contributed by atoms with Crippen LogP contribution in [0.1, 0.15) is 17.2 Å². The number of aromatic nitrogens is 2. The highest BCUT2D eigenvalue weighted by Crippen LogP contribution is 2.36. The molecule has 7 nitrogen and oxygen atoms in total. The summed E-state index contributed by atoms with van der Waals surface area (Å²) in [7, 11) is 3.25. The van der Waals surface area contributed by atoms with Crippen LogP contribution in [0.2, 0.25) is 0 Å². The van der Waals surface area contributed by atoms with Crippen LogP contribution >= 0.6 is 0 Å². The average Bonchev–Trinajstić information content (AvgIpc) is 2.77. The molecule has 0 radical (unpaired) electrons. The molecule has 1 aromatic heterocycles. The smallest absolute Gasteiger partial charge is 0.162 e. The number of benzene rings is 2. The zero-order chi connectivity index (χ0) is 19.5. The minimum atomic E-state index is -0.0225. The number of anilines is 1. The molecule has 1 saturated heterocycles. The molecule has 1 aliphatic rings. The van der Waals surface area contributed by atoms with Crippen LogP contribution < -0.4 is 20.1 Å². The molecule has 0 amide bonds. The molecule has 146 valence electrons. The van der Waals surface area contributed by atoms with E-state index >= 15 is 0 Å². The van der Waals surface area contributed by atoms with E-state index in [9.17, 15) is 0 Å². The lowest BCUT2D eigenvalue weighted by Gasteiger charge is -2.34. The molecule has 1 unspecified atom stereocenters. The molecular weight excluding hydrogens is 356 g/mol. The number of rotatable bonds is 5. The van der Waals surface area contributed by atoms with E-state index in [0.29, 0.717) is 31.2 Å². The third kappa shape index (κ3) is 3.46. The first-order valence-corrected chi connectivity index (χ1v) is 9.25. The number of nitrogens with zero attached hydrogens (tertiary/aromatic N) is 3. The molecule has 0 aliphatic carbocycles. The van der Waals surface area contributed by atoms with Gasteiger partial charge in [-0.25, -0.2) is 9.97 Å². The highest BCUT2D eigenvalue weighted by molar-refractivity contribution is 5.92. The summed E-state index contributed by atoms with van der Waals surface area (Å²) < 4.78 is 16.9. The lowest BCUT2D eigenvalue weighted by Crippen LogP contribution is -2.39. The van der Waals surface area contributed by atoms with Crippen molar-refractivity contribution in [3.8, 4) is 11.5 Å². The summed E-state index contributed by atoms with van der Waals surface area (Å²) in [5.41, 5.74) is 8.77. The Morgan fingerprint density at radius 3 is 2.57 bits per heavy atom. The summed E-state index contributed by atoms with van der Waals surface area (Å²) in [5, 5.41) is 0.930. The van der Waals surface area contributed by atoms with Gasteiger partial charge in [-0.05, 0) is 17.2 Å². The summed E-state index contributed by atoms with van der Waals surface area (Å²) in [6.07, 6.45) is 1.56. The van der Waals surface area contributed by atoms with E-state index in [4.69, 9.17) is 19.9 Å². The van der Waals surface area contributed by atoms with Crippen molar-refractivity contribution in [2.45, 2.75) is 12.6 Å². The highest BCUT2D eigenvalue weighted by atomic mass is 16.5. The second kappa shape index (κ2) is 8.00. The SMILES string of the molecule is COc1cc2ncnc(N3CCOC(c4ccc(CN)cc4)C3)c2cc1OC. The molecule has 7 heteroatoms. The van der Waals surface area contributed by atoms with Crippen LogP contribution in [0.5, 0.6) is 11.5 Å². The van der Waals surface area contributed by atoms with Gasteiger partial charge in [-0.2, -0.15) is 0 Å². The number of fused-ring (bicyclic) bond motifs is 1. The number of nitrogens with two attached hydrogens (primary N) is 1. The lowest BCUT2D eigenvalue weighted by molar-refractivity contribution is 0.0396. The Morgan fingerprint density at radius 1 is 1.11 bits per heavy atom. The topological polar surface area (TPSA) is 82.7 Å². The molecule has 2 N–H and O–H groups in total. The maximum Gasteiger partial charge on any atom is 0.162 e. The number of methoxy groups -OCH3 is 2. The van der Waals surface area contributed by atoms with Crippen LogP contribution in [-0.2, 0) is 11.3 Å². The third-order valence-corrected chi connectivity index (χ3v) is 5.07. The number of morpholine rings is 1. The normalized spacial score (nSPS) is 17.0. The van der Waals surface area contributed by atoms with E-state index in [1.54, 1.807) is 20.5 Å². The molecule has 0 bridgehead atoms. The van der Waals surface area contributed by atoms with Crippen molar-refractivity contribution >= 4 is 16.7 Å². The maximum absolute atomic E-state index is 6.02. The minimum absolute atomic E-state index is 0.0225. The predicted molar refractivity (Wildman–Crippen MR) is 108 cm³/mol. The average molecular weight is 380 g/mol. The lowest BCUT2D eigenvalue weighted by atomic mass is 10.0. The standard InChI is InChI=1S/C21H24N4O3/c1-26-18-9-16-17(10-19(18)27-2)23-13-24-21(16)25-7-8-28-20(12-25)15-5-3-14(11-22)4-6-15/h3-6,9-10,13,20H,7-8,11-12,22H2,1-2H3. The van der Waals surface area contributed by atoms with Crippen LogP contribution in [0.4, 0.5) is 5.82 Å². The van der Waals surface area contributed by atoms with E-state index in [2.05, 4.69) is 39.1 Å². The van der Waals surface area contributed by atoms with Crippen LogP contribution in [0.25, 0.3) is 10.9 Å². The van der Waals surface area contributed by atoms with Gasteiger partial charge in [0.05, 0.1) is 26.3 Å². The molecule has 3 aromatic rings. The van der Waals surface area contributed by atoms with Crippen molar-refractivity contribution in [3.63, 3.8) is 0 Å². The molecule has 1 fully saturated rings. The van der Waals surface area contributed by atoms with Gasteiger partial charge in [-0.1, -0.05) is 24.3 Å². The molecule has 28 heavy (non-hydrogen) atoms. The van der Waals surface area contributed by atoms with Gasteiger partial charge >= 0.3 is 0 Å². The summed E-state index contributed by atoms with van der Waals surface area (Å²) >= 11 is 0. The molecular formula is C21H24N4O3. The van der Waals surface area contributed by atoms with Crippen molar-refractivity contribution in [1.82, 2.24) is 9.97 Å². The second-order valence-electron chi connectivity index (χ2n) is 6.67. The van der Waals surface area contributed by atoms with Gasteiger partial charge in [0.2, 0.25) is 0 Å². The van der Waals surface area contributed by atoms with Gasteiger partial charge in [0.25, 0.3) is 0 Å². The fourth-order valence-corrected chi connectivity index (χ4v) is 3.53. The van der Waals surface area contributed by atoms with Crippen LogP contribution in [0.3, 0.4) is 0 Å². The van der Waals surface area contributed by atoms with E-state index in [0.717, 1.165) is 34.4 Å². The van der Waals surface area contributed by atoms with E-state index < -0.39 is 0 Å². The molecule has 4 rings (SSSR count). The Morgan fingerprint density at radius 2 is 1.86 bits per heavy atom. The zero-order valence-corrected chi connectivity index (χ0v) is 16.1. The van der Waals surface area contributed by atoms with Gasteiger partial charge < -0.3 is 24.8 Å². The quantitative estimate of drug-likeness (QED) is 0.729. The Labute approximate surface area is 164 Å². The van der Waals surface area contributed by atoms with Gasteiger partial charge in [-0.3, -0.25) is 0 Å². The molecule has 0 saturated carbocycles. The van der Waals surface area contributed by atoms with E-state index in [-0.39, 0.29) is 6.10 Å². The van der Waals surface area contributed by atoms with Crippen LogP contribution in [0.15, 0.2) is 42.7 Å². The second-order valence-corrected chi connectivity index (χ2v) is 6.67. The van der Waals surface area contributed by atoms with Gasteiger partial charge in [-0.15, -0.1) is 0 Å². The largest absolute Gasteiger partial charge is 0.493 e. The van der Waals surface area contributed by atoms with E-state index in [1.807, 2.05) is 12.1 Å². The maximum atomic E-state index is 6.02. The fourth-order valence-electron chi connectivity index (χ4n) is 3.53. The molecule has 2 aromatic carbocycles. The van der Waals surface area contributed by atoms with Gasteiger partial charge in [0.15, 0.2) is 11.5 Å². The number of hydrogen-bond acceptors (Lipinski definition) is 7. The first kappa shape index (κ1) is 18.5. The predicted octanol–water partition coefficient (Wildman–Crippen LogP) is 2.68. The summed E-state index contributed by atoms with van der Waals surface area (Å²) in [6.45, 7) is 2.64. The minimum Gasteiger partial charge on any atom is -0.493 e. The number of ether oxygens (including phenoxy) is 3. The van der Waals surface area contributed by atoms with Crippen molar-refractivity contribution in [3.05, 3.63) is 53.9 Å². The fraction of sp³-hybridized carbons (Fsp3) is 0.333. The van der Waals surface area contributed by atoms with E-state index in [1.165, 1.54) is 0 Å². The summed E-state index contributed by atoms with van der Waals surface area (Å²) in [5.74, 6) is 2.19. The van der Waals surface area contributed by atoms with Crippen molar-refractivity contribution in [2.75, 3.05) is 38.8 Å².